The topological polar surface area (TPSA) is 32.3 Å². The summed E-state index contributed by atoms with van der Waals surface area (Å²) < 4.78 is 0. The van der Waals surface area contributed by atoms with E-state index in [9.17, 15) is 5.11 Å². The Labute approximate surface area is 99.8 Å². The van der Waals surface area contributed by atoms with E-state index in [0.29, 0.717) is 5.92 Å². The van der Waals surface area contributed by atoms with Gasteiger partial charge in [-0.05, 0) is 50.4 Å². The highest BCUT2D eigenvalue weighted by Gasteiger charge is 2.26. The highest BCUT2D eigenvalue weighted by molar-refractivity contribution is 4.82. The largest absolute Gasteiger partial charge is 0.393 e. The highest BCUT2D eigenvalue weighted by Crippen LogP contribution is 2.28. The van der Waals surface area contributed by atoms with E-state index in [1.807, 2.05) is 0 Å². The van der Waals surface area contributed by atoms with Crippen LogP contribution in [-0.2, 0) is 0 Å². The zero-order valence-corrected chi connectivity index (χ0v) is 10.6. The van der Waals surface area contributed by atoms with Crippen LogP contribution in [0.15, 0.2) is 0 Å². The van der Waals surface area contributed by atoms with Crippen molar-refractivity contribution in [3.8, 4) is 0 Å². The molecule has 2 atom stereocenters. The van der Waals surface area contributed by atoms with Crippen molar-refractivity contribution in [3.05, 3.63) is 0 Å². The summed E-state index contributed by atoms with van der Waals surface area (Å²) >= 11 is 0. The molecule has 94 valence electrons. The van der Waals surface area contributed by atoms with E-state index in [1.54, 1.807) is 0 Å². The molecule has 0 aromatic carbocycles. The Morgan fingerprint density at radius 2 is 1.81 bits per heavy atom. The maximum Gasteiger partial charge on any atom is 0.0580 e. The molecule has 0 amide bonds. The lowest BCUT2D eigenvalue weighted by atomic mass is 9.84. The van der Waals surface area contributed by atoms with E-state index >= 15 is 0 Å². The quantitative estimate of drug-likeness (QED) is 0.771. The monoisotopic (exact) mass is 225 g/mol. The standard InChI is InChI=1S/C14H27NO/c1-2-11-6-8-13(9-7-11)15-10-12-4-3-5-14(12)16/h11-16H,2-10H2,1H3. The Balaban J connectivity index is 1.63. The van der Waals surface area contributed by atoms with Crippen molar-refractivity contribution in [2.45, 2.75) is 70.4 Å². The van der Waals surface area contributed by atoms with Crippen LogP contribution >= 0.6 is 0 Å². The number of hydrogen-bond donors (Lipinski definition) is 2. The summed E-state index contributed by atoms with van der Waals surface area (Å²) in [4.78, 5) is 0. The van der Waals surface area contributed by atoms with Crippen LogP contribution < -0.4 is 5.32 Å². The van der Waals surface area contributed by atoms with Gasteiger partial charge in [0.2, 0.25) is 0 Å². The second-order valence-corrected chi connectivity index (χ2v) is 5.79. The van der Waals surface area contributed by atoms with Crippen LogP contribution in [0.25, 0.3) is 0 Å². The lowest BCUT2D eigenvalue weighted by Crippen LogP contribution is -2.38. The molecule has 2 aliphatic rings. The molecule has 2 nitrogen and oxygen atoms in total. The predicted molar refractivity (Wildman–Crippen MR) is 67.4 cm³/mol. The Bertz CT molecular complexity index is 199. The van der Waals surface area contributed by atoms with Crippen molar-refractivity contribution >= 4 is 0 Å². The normalized spacial score (nSPS) is 40.1. The zero-order chi connectivity index (χ0) is 11.4. The van der Waals surface area contributed by atoms with Crippen LogP contribution in [0, 0.1) is 11.8 Å². The van der Waals surface area contributed by atoms with Gasteiger partial charge in [0.1, 0.15) is 0 Å². The highest BCUT2D eigenvalue weighted by atomic mass is 16.3. The molecule has 0 aromatic heterocycles. The Morgan fingerprint density at radius 1 is 1.06 bits per heavy atom. The maximum absolute atomic E-state index is 9.76. The van der Waals surface area contributed by atoms with E-state index in [0.717, 1.165) is 24.9 Å². The zero-order valence-electron chi connectivity index (χ0n) is 10.6. The van der Waals surface area contributed by atoms with Crippen molar-refractivity contribution in [3.63, 3.8) is 0 Å². The fourth-order valence-corrected chi connectivity index (χ4v) is 3.35. The molecule has 16 heavy (non-hydrogen) atoms. The molecule has 0 aliphatic heterocycles. The minimum Gasteiger partial charge on any atom is -0.393 e. The molecule has 0 heterocycles. The van der Waals surface area contributed by atoms with Gasteiger partial charge in [-0.3, -0.25) is 0 Å². The molecule has 0 aromatic rings. The van der Waals surface area contributed by atoms with Gasteiger partial charge in [-0.1, -0.05) is 19.8 Å². The molecule has 2 unspecified atom stereocenters. The smallest absolute Gasteiger partial charge is 0.0580 e. The summed E-state index contributed by atoms with van der Waals surface area (Å²) in [6, 6.07) is 0.732. The minimum absolute atomic E-state index is 0.0283. The molecule has 0 saturated heterocycles. The van der Waals surface area contributed by atoms with E-state index in [4.69, 9.17) is 0 Å². The predicted octanol–water partition coefficient (Wildman–Crippen LogP) is 2.71. The molecule has 0 bridgehead atoms. The van der Waals surface area contributed by atoms with Crippen molar-refractivity contribution in [1.29, 1.82) is 0 Å². The average Bonchev–Trinajstić information content (AvgIpc) is 2.73. The summed E-state index contributed by atoms with van der Waals surface area (Å²) in [6.45, 7) is 3.36. The van der Waals surface area contributed by atoms with Gasteiger partial charge in [-0.25, -0.2) is 0 Å². The van der Waals surface area contributed by atoms with Gasteiger partial charge in [-0.2, -0.15) is 0 Å². The third-order valence-electron chi connectivity index (χ3n) is 4.71. The lowest BCUT2D eigenvalue weighted by Gasteiger charge is -2.29. The van der Waals surface area contributed by atoms with Gasteiger partial charge < -0.3 is 10.4 Å². The number of nitrogens with one attached hydrogen (secondary N) is 1. The van der Waals surface area contributed by atoms with Crippen LogP contribution in [0.5, 0.6) is 0 Å². The molecule has 2 fully saturated rings. The molecule has 2 aliphatic carbocycles. The fraction of sp³-hybridized carbons (Fsp3) is 1.00. The summed E-state index contributed by atoms with van der Waals surface area (Å²) in [5.41, 5.74) is 0. The van der Waals surface area contributed by atoms with Crippen LogP contribution in [-0.4, -0.2) is 23.8 Å². The first-order chi connectivity index (χ1) is 7.79. The number of hydrogen-bond acceptors (Lipinski definition) is 2. The Morgan fingerprint density at radius 3 is 2.38 bits per heavy atom. The number of rotatable bonds is 4. The van der Waals surface area contributed by atoms with Gasteiger partial charge in [0.15, 0.2) is 0 Å². The van der Waals surface area contributed by atoms with Crippen LogP contribution in [0.3, 0.4) is 0 Å². The second-order valence-electron chi connectivity index (χ2n) is 5.79. The van der Waals surface area contributed by atoms with Crippen molar-refractivity contribution < 1.29 is 5.11 Å². The molecule has 2 heteroatoms. The molecule has 2 N–H and O–H groups in total. The maximum atomic E-state index is 9.76. The van der Waals surface area contributed by atoms with E-state index in [-0.39, 0.29) is 6.10 Å². The van der Waals surface area contributed by atoms with Gasteiger partial charge in [0, 0.05) is 12.6 Å². The first-order valence-corrected chi connectivity index (χ1v) is 7.21. The molecular weight excluding hydrogens is 198 g/mol. The first kappa shape index (κ1) is 12.4. The summed E-state index contributed by atoms with van der Waals surface area (Å²) in [5, 5.41) is 13.4. The van der Waals surface area contributed by atoms with Crippen LogP contribution in [0.4, 0.5) is 0 Å². The summed E-state index contributed by atoms with van der Waals surface area (Å²) in [5.74, 6) is 1.51. The number of aliphatic hydroxyl groups is 1. The molecule has 0 radical (unpaired) electrons. The molecule has 2 saturated carbocycles. The van der Waals surface area contributed by atoms with Gasteiger partial charge in [-0.15, -0.1) is 0 Å². The Kier molecular flexibility index (Phi) is 4.66. The molecule has 2 rings (SSSR count). The second kappa shape index (κ2) is 6.02. The summed E-state index contributed by atoms with van der Waals surface area (Å²) in [7, 11) is 0. The SMILES string of the molecule is CCC1CCC(NCC2CCCC2O)CC1. The van der Waals surface area contributed by atoms with Crippen LogP contribution in [0.2, 0.25) is 0 Å². The van der Waals surface area contributed by atoms with E-state index in [1.165, 1.54) is 44.9 Å². The molecule has 0 spiro atoms. The number of aliphatic hydroxyl groups excluding tert-OH is 1. The van der Waals surface area contributed by atoms with E-state index in [2.05, 4.69) is 12.2 Å². The third-order valence-corrected chi connectivity index (χ3v) is 4.71. The van der Waals surface area contributed by atoms with Gasteiger partial charge in [0.05, 0.1) is 6.10 Å². The third kappa shape index (κ3) is 3.21. The van der Waals surface area contributed by atoms with Gasteiger partial charge in [0.25, 0.3) is 0 Å². The van der Waals surface area contributed by atoms with Crippen molar-refractivity contribution in [2.24, 2.45) is 11.8 Å². The van der Waals surface area contributed by atoms with Crippen molar-refractivity contribution in [1.82, 2.24) is 5.32 Å². The first-order valence-electron chi connectivity index (χ1n) is 7.21. The molecular formula is C14H27NO. The Hall–Kier alpha value is -0.0800. The minimum atomic E-state index is -0.0283. The average molecular weight is 225 g/mol. The van der Waals surface area contributed by atoms with E-state index < -0.39 is 0 Å². The van der Waals surface area contributed by atoms with Gasteiger partial charge >= 0.3 is 0 Å². The lowest BCUT2D eigenvalue weighted by molar-refractivity contribution is 0.127. The van der Waals surface area contributed by atoms with Crippen molar-refractivity contribution in [2.75, 3.05) is 6.54 Å². The van der Waals surface area contributed by atoms with Crippen LogP contribution in [0.1, 0.15) is 58.3 Å². The summed E-state index contributed by atoms with van der Waals surface area (Å²) in [6.07, 6.45) is 10.3. The fourth-order valence-electron chi connectivity index (χ4n) is 3.35.